The van der Waals surface area contributed by atoms with E-state index in [4.69, 9.17) is 4.74 Å². The van der Waals surface area contributed by atoms with Crippen molar-refractivity contribution in [3.8, 4) is 0 Å². The molecule has 1 saturated heterocycles. The molecular formula is C14H31N3O. The lowest BCUT2D eigenvalue weighted by Crippen LogP contribution is -2.45. The van der Waals surface area contributed by atoms with Gasteiger partial charge in [0.2, 0.25) is 0 Å². The van der Waals surface area contributed by atoms with Gasteiger partial charge in [-0.05, 0) is 47.5 Å². The molecule has 1 heterocycles. The van der Waals surface area contributed by atoms with Gasteiger partial charge in [-0.3, -0.25) is 0 Å². The van der Waals surface area contributed by atoms with Crippen LogP contribution in [0.4, 0.5) is 0 Å². The lowest BCUT2D eigenvalue weighted by atomic mass is 10.3. The summed E-state index contributed by atoms with van der Waals surface area (Å²) in [5.41, 5.74) is 0. The molecule has 108 valence electrons. The van der Waals surface area contributed by atoms with Crippen molar-refractivity contribution in [3.63, 3.8) is 0 Å². The maximum Gasteiger partial charge on any atom is 0.0596 e. The van der Waals surface area contributed by atoms with Crippen LogP contribution < -0.4 is 0 Å². The van der Waals surface area contributed by atoms with Gasteiger partial charge in [0, 0.05) is 32.7 Å². The lowest BCUT2D eigenvalue weighted by Gasteiger charge is -2.32. The molecule has 1 rings (SSSR count). The second-order valence-corrected chi connectivity index (χ2v) is 5.72. The molecule has 0 aromatic carbocycles. The Bertz CT molecular complexity index is 203. The van der Waals surface area contributed by atoms with Gasteiger partial charge >= 0.3 is 0 Å². The summed E-state index contributed by atoms with van der Waals surface area (Å²) in [6, 6.07) is 0. The molecule has 0 N–H and O–H groups in total. The van der Waals surface area contributed by atoms with Crippen LogP contribution >= 0.6 is 0 Å². The Labute approximate surface area is 113 Å². The average molecular weight is 257 g/mol. The highest BCUT2D eigenvalue weighted by molar-refractivity contribution is 4.69. The van der Waals surface area contributed by atoms with Gasteiger partial charge in [-0.1, -0.05) is 0 Å². The highest BCUT2D eigenvalue weighted by Gasteiger charge is 2.12. The number of hydrogen-bond donors (Lipinski definition) is 0. The summed E-state index contributed by atoms with van der Waals surface area (Å²) in [5.74, 6) is 0. The van der Waals surface area contributed by atoms with Crippen molar-refractivity contribution in [2.45, 2.75) is 26.4 Å². The van der Waals surface area contributed by atoms with E-state index in [1.807, 2.05) is 0 Å². The summed E-state index contributed by atoms with van der Waals surface area (Å²) in [6.07, 6.45) is 1.62. The number of hydrogen-bond acceptors (Lipinski definition) is 4. The van der Waals surface area contributed by atoms with Gasteiger partial charge < -0.3 is 19.4 Å². The summed E-state index contributed by atoms with van der Waals surface area (Å²) < 4.78 is 5.56. The van der Waals surface area contributed by atoms with E-state index in [0.29, 0.717) is 6.10 Å². The molecule has 0 bridgehead atoms. The predicted octanol–water partition coefficient (Wildman–Crippen LogP) is 0.981. The van der Waals surface area contributed by atoms with Gasteiger partial charge in [-0.2, -0.15) is 0 Å². The second-order valence-electron chi connectivity index (χ2n) is 5.72. The van der Waals surface area contributed by atoms with Crippen LogP contribution in [0, 0.1) is 0 Å². The molecule has 0 unspecified atom stereocenters. The predicted molar refractivity (Wildman–Crippen MR) is 77.1 cm³/mol. The minimum atomic E-state index is 0.351. The van der Waals surface area contributed by atoms with Crippen LogP contribution in [-0.2, 0) is 4.74 Å². The van der Waals surface area contributed by atoms with Crippen LogP contribution in [0.15, 0.2) is 0 Å². The molecule has 4 heteroatoms. The van der Waals surface area contributed by atoms with Crippen molar-refractivity contribution in [2.75, 3.05) is 66.5 Å². The zero-order valence-electron chi connectivity index (χ0n) is 12.7. The summed E-state index contributed by atoms with van der Waals surface area (Å²) in [7, 11) is 4.40. The number of rotatable bonds is 8. The van der Waals surface area contributed by atoms with Crippen molar-refractivity contribution in [1.82, 2.24) is 14.7 Å². The van der Waals surface area contributed by atoms with Crippen LogP contribution in [0.3, 0.4) is 0 Å². The standard InChI is InChI=1S/C14H31N3O/c1-14(2)18-13-12-15(3)6-5-7-17-10-8-16(4)9-11-17/h14H,5-13H2,1-4H3. The highest BCUT2D eigenvalue weighted by atomic mass is 16.5. The van der Waals surface area contributed by atoms with Crippen LogP contribution in [0.5, 0.6) is 0 Å². The summed E-state index contributed by atoms with van der Waals surface area (Å²) >= 11 is 0. The molecule has 4 nitrogen and oxygen atoms in total. The highest BCUT2D eigenvalue weighted by Crippen LogP contribution is 2.00. The topological polar surface area (TPSA) is 19.0 Å². The van der Waals surface area contributed by atoms with Gasteiger partial charge in [-0.25, -0.2) is 0 Å². The van der Waals surface area contributed by atoms with E-state index < -0.39 is 0 Å². The van der Waals surface area contributed by atoms with E-state index >= 15 is 0 Å². The minimum absolute atomic E-state index is 0.351. The molecule has 0 spiro atoms. The number of nitrogens with zero attached hydrogens (tertiary/aromatic N) is 3. The third-order valence-electron chi connectivity index (χ3n) is 3.53. The second kappa shape index (κ2) is 8.86. The van der Waals surface area contributed by atoms with Crippen LogP contribution in [0.1, 0.15) is 20.3 Å². The van der Waals surface area contributed by atoms with Crippen molar-refractivity contribution in [3.05, 3.63) is 0 Å². The average Bonchev–Trinajstić information content (AvgIpc) is 2.31. The fourth-order valence-corrected chi connectivity index (χ4v) is 2.19. The summed E-state index contributed by atoms with van der Waals surface area (Å²) in [5, 5.41) is 0. The number of likely N-dealkylation sites (N-methyl/N-ethyl adjacent to an activating group) is 2. The molecule has 0 atom stereocenters. The van der Waals surface area contributed by atoms with E-state index in [9.17, 15) is 0 Å². The first kappa shape index (κ1) is 15.9. The summed E-state index contributed by atoms with van der Waals surface area (Å²) in [4.78, 5) is 7.36. The Morgan fingerprint density at radius 2 is 1.78 bits per heavy atom. The fourth-order valence-electron chi connectivity index (χ4n) is 2.19. The maximum absolute atomic E-state index is 5.56. The van der Waals surface area contributed by atoms with E-state index in [2.05, 4.69) is 42.6 Å². The monoisotopic (exact) mass is 257 g/mol. The molecule has 18 heavy (non-hydrogen) atoms. The van der Waals surface area contributed by atoms with E-state index in [0.717, 1.165) is 13.2 Å². The molecule has 0 aromatic rings. The molecule has 0 saturated carbocycles. The molecule has 0 radical (unpaired) electrons. The third kappa shape index (κ3) is 7.31. The van der Waals surface area contributed by atoms with Crippen molar-refractivity contribution in [2.24, 2.45) is 0 Å². The Morgan fingerprint density at radius 3 is 2.39 bits per heavy atom. The molecule has 0 amide bonds. The first-order chi connectivity index (χ1) is 8.58. The van der Waals surface area contributed by atoms with Crippen molar-refractivity contribution >= 4 is 0 Å². The van der Waals surface area contributed by atoms with Gasteiger partial charge in [0.1, 0.15) is 0 Å². The van der Waals surface area contributed by atoms with Gasteiger partial charge in [-0.15, -0.1) is 0 Å². The molecular weight excluding hydrogens is 226 g/mol. The summed E-state index contributed by atoms with van der Waals surface area (Å²) in [6.45, 7) is 13.4. The number of piperazine rings is 1. The van der Waals surface area contributed by atoms with Crippen molar-refractivity contribution < 1.29 is 4.74 Å². The smallest absolute Gasteiger partial charge is 0.0596 e. The van der Waals surface area contributed by atoms with Gasteiger partial charge in [0.15, 0.2) is 0 Å². The SMILES string of the molecule is CC(C)OCCN(C)CCCN1CCN(C)CC1. The zero-order valence-corrected chi connectivity index (χ0v) is 12.7. The van der Waals surface area contributed by atoms with E-state index in [-0.39, 0.29) is 0 Å². The first-order valence-corrected chi connectivity index (χ1v) is 7.29. The van der Waals surface area contributed by atoms with Gasteiger partial charge in [0.05, 0.1) is 12.7 Å². The first-order valence-electron chi connectivity index (χ1n) is 7.29. The lowest BCUT2D eigenvalue weighted by molar-refractivity contribution is 0.0627. The van der Waals surface area contributed by atoms with E-state index in [1.165, 1.54) is 45.7 Å². The molecule has 0 aromatic heterocycles. The molecule has 0 aliphatic carbocycles. The Morgan fingerprint density at radius 1 is 1.11 bits per heavy atom. The van der Waals surface area contributed by atoms with Gasteiger partial charge in [0.25, 0.3) is 0 Å². The van der Waals surface area contributed by atoms with Crippen LogP contribution in [0.2, 0.25) is 0 Å². The van der Waals surface area contributed by atoms with Crippen LogP contribution in [0.25, 0.3) is 0 Å². The van der Waals surface area contributed by atoms with Crippen molar-refractivity contribution in [1.29, 1.82) is 0 Å². The Hall–Kier alpha value is -0.160. The third-order valence-corrected chi connectivity index (χ3v) is 3.53. The normalized spacial score (nSPS) is 19.0. The Kier molecular flexibility index (Phi) is 7.82. The fraction of sp³-hybridized carbons (Fsp3) is 1.00. The zero-order chi connectivity index (χ0) is 13.4. The maximum atomic E-state index is 5.56. The minimum Gasteiger partial charge on any atom is -0.377 e. The number of ether oxygens (including phenoxy) is 1. The molecule has 1 fully saturated rings. The largest absolute Gasteiger partial charge is 0.377 e. The molecule has 1 aliphatic heterocycles. The Balaban J connectivity index is 1.96. The quantitative estimate of drug-likeness (QED) is 0.645. The van der Waals surface area contributed by atoms with E-state index in [1.54, 1.807) is 0 Å². The molecule has 1 aliphatic rings. The van der Waals surface area contributed by atoms with Crippen LogP contribution in [-0.4, -0.2) is 87.3 Å².